The van der Waals surface area contributed by atoms with E-state index in [1.807, 2.05) is 0 Å². The van der Waals surface area contributed by atoms with Crippen LogP contribution in [0.5, 0.6) is 0 Å². The predicted molar refractivity (Wildman–Crippen MR) is 164 cm³/mol. The molecule has 2 saturated carbocycles. The fourth-order valence-electron chi connectivity index (χ4n) is 7.23. The molecule has 0 radical (unpaired) electrons. The van der Waals surface area contributed by atoms with Crippen LogP contribution in [-0.2, 0) is 0 Å². The molecule has 3 heteroatoms. The molecule has 39 heavy (non-hydrogen) atoms. The summed E-state index contributed by atoms with van der Waals surface area (Å²) in [6, 6.07) is 11.7. The first-order valence-electron chi connectivity index (χ1n) is 16.5. The van der Waals surface area contributed by atoms with Crippen LogP contribution in [0.3, 0.4) is 0 Å². The van der Waals surface area contributed by atoms with Gasteiger partial charge in [0.15, 0.2) is 5.82 Å². The van der Waals surface area contributed by atoms with Gasteiger partial charge in [0.05, 0.1) is 11.5 Å². The summed E-state index contributed by atoms with van der Waals surface area (Å²) in [5, 5.41) is 9.87. The van der Waals surface area contributed by atoms with Crippen molar-refractivity contribution in [3.05, 3.63) is 47.8 Å². The molecule has 2 fully saturated rings. The van der Waals surface area contributed by atoms with Crippen LogP contribution in [0.15, 0.2) is 36.7 Å². The van der Waals surface area contributed by atoms with Crippen LogP contribution >= 0.6 is 0 Å². The zero-order chi connectivity index (χ0) is 27.3. The second kappa shape index (κ2) is 15.5. The van der Waals surface area contributed by atoms with Crippen molar-refractivity contribution in [2.45, 2.75) is 148 Å². The SMILES string of the molecule is CCCCCCCCC1CCC(c2cnc(-c3ccc(C4CCC(C#N)(CCCCC)CC4)cc3)nc2)CC1. The Morgan fingerprint density at radius 2 is 1.31 bits per heavy atom. The fraction of sp³-hybridized carbons (Fsp3) is 0.694. The zero-order valence-corrected chi connectivity index (χ0v) is 25.0. The average Bonchev–Trinajstić information content (AvgIpc) is 3.00. The second-order valence-corrected chi connectivity index (χ2v) is 12.9. The van der Waals surface area contributed by atoms with Crippen molar-refractivity contribution >= 4 is 0 Å². The van der Waals surface area contributed by atoms with E-state index in [1.54, 1.807) is 0 Å². The summed E-state index contributed by atoms with van der Waals surface area (Å²) in [6.45, 7) is 4.53. The van der Waals surface area contributed by atoms with Crippen LogP contribution in [0.1, 0.15) is 159 Å². The lowest BCUT2D eigenvalue weighted by Gasteiger charge is -2.35. The monoisotopic (exact) mass is 527 g/mol. The van der Waals surface area contributed by atoms with E-state index in [9.17, 15) is 5.26 Å². The van der Waals surface area contributed by atoms with Gasteiger partial charge in [0.1, 0.15) is 0 Å². The highest BCUT2D eigenvalue weighted by Crippen LogP contribution is 2.46. The van der Waals surface area contributed by atoms with Gasteiger partial charge in [-0.25, -0.2) is 9.97 Å². The largest absolute Gasteiger partial charge is 0.236 e. The minimum Gasteiger partial charge on any atom is -0.236 e. The Hall–Kier alpha value is -2.21. The van der Waals surface area contributed by atoms with Crippen LogP contribution in [0.2, 0.25) is 0 Å². The number of benzene rings is 1. The van der Waals surface area contributed by atoms with E-state index in [-0.39, 0.29) is 5.41 Å². The quantitative estimate of drug-likeness (QED) is 0.229. The summed E-state index contributed by atoms with van der Waals surface area (Å²) in [6.07, 6.45) is 28.5. The van der Waals surface area contributed by atoms with Crippen LogP contribution in [-0.4, -0.2) is 9.97 Å². The van der Waals surface area contributed by atoms with E-state index in [0.29, 0.717) is 11.8 Å². The molecule has 0 atom stereocenters. The maximum absolute atomic E-state index is 9.87. The van der Waals surface area contributed by atoms with E-state index in [1.165, 1.54) is 101 Å². The number of rotatable bonds is 14. The molecule has 2 aliphatic rings. The summed E-state index contributed by atoms with van der Waals surface area (Å²) in [4.78, 5) is 9.58. The Balaban J connectivity index is 1.22. The summed E-state index contributed by atoms with van der Waals surface area (Å²) < 4.78 is 0. The molecule has 1 heterocycles. The van der Waals surface area contributed by atoms with E-state index in [0.717, 1.165) is 49.4 Å². The number of unbranched alkanes of at least 4 members (excludes halogenated alkanes) is 7. The topological polar surface area (TPSA) is 49.6 Å². The van der Waals surface area contributed by atoms with E-state index in [4.69, 9.17) is 9.97 Å². The third kappa shape index (κ3) is 8.64. The van der Waals surface area contributed by atoms with Crippen molar-refractivity contribution in [3.63, 3.8) is 0 Å². The predicted octanol–water partition coefficient (Wildman–Crippen LogP) is 10.9. The highest BCUT2D eigenvalue weighted by molar-refractivity contribution is 5.55. The van der Waals surface area contributed by atoms with Crippen LogP contribution in [0, 0.1) is 22.7 Å². The van der Waals surface area contributed by atoms with Crippen molar-refractivity contribution in [2.24, 2.45) is 11.3 Å². The molecule has 0 aliphatic heterocycles. The first-order chi connectivity index (χ1) is 19.2. The van der Waals surface area contributed by atoms with E-state index in [2.05, 4.69) is 56.6 Å². The summed E-state index contributed by atoms with van der Waals surface area (Å²) in [5.41, 5.74) is 3.77. The molecule has 0 spiro atoms. The smallest absolute Gasteiger partial charge is 0.159 e. The molecular weight excluding hydrogens is 474 g/mol. The van der Waals surface area contributed by atoms with Gasteiger partial charge < -0.3 is 0 Å². The minimum atomic E-state index is -0.0751. The molecule has 2 aromatic rings. The molecule has 212 valence electrons. The van der Waals surface area contributed by atoms with Gasteiger partial charge >= 0.3 is 0 Å². The number of hydrogen-bond acceptors (Lipinski definition) is 3. The first kappa shape index (κ1) is 29.8. The molecule has 1 aromatic carbocycles. The molecule has 0 bridgehead atoms. The van der Waals surface area contributed by atoms with Gasteiger partial charge in [-0.1, -0.05) is 102 Å². The van der Waals surface area contributed by atoms with Crippen molar-refractivity contribution in [1.82, 2.24) is 9.97 Å². The number of nitrogens with zero attached hydrogens (tertiary/aromatic N) is 3. The van der Waals surface area contributed by atoms with E-state index >= 15 is 0 Å². The van der Waals surface area contributed by atoms with Gasteiger partial charge in [-0.15, -0.1) is 0 Å². The highest BCUT2D eigenvalue weighted by atomic mass is 14.9. The first-order valence-corrected chi connectivity index (χ1v) is 16.5. The Bertz CT molecular complexity index is 987. The van der Waals surface area contributed by atoms with Crippen molar-refractivity contribution < 1.29 is 0 Å². The van der Waals surface area contributed by atoms with Gasteiger partial charge in [0, 0.05) is 18.0 Å². The molecular formula is C36H53N3. The van der Waals surface area contributed by atoms with Gasteiger partial charge in [0.2, 0.25) is 0 Å². The Labute approximate surface area is 239 Å². The van der Waals surface area contributed by atoms with Crippen molar-refractivity contribution in [3.8, 4) is 17.5 Å². The normalized spacial score (nSPS) is 25.3. The van der Waals surface area contributed by atoms with Gasteiger partial charge in [-0.05, 0) is 86.7 Å². The molecule has 0 saturated heterocycles. The lowest BCUT2D eigenvalue weighted by atomic mass is 9.67. The van der Waals surface area contributed by atoms with Crippen LogP contribution in [0.4, 0.5) is 0 Å². The summed E-state index contributed by atoms with van der Waals surface area (Å²) in [7, 11) is 0. The van der Waals surface area contributed by atoms with Crippen molar-refractivity contribution in [2.75, 3.05) is 0 Å². The van der Waals surface area contributed by atoms with Gasteiger partial charge in [-0.3, -0.25) is 0 Å². The standard InChI is InChI=1S/C36H53N3/c1-3-5-7-8-9-10-12-29-13-15-31(16-14-29)34-26-38-35(39-27-34)33-19-17-30(18-20-33)32-21-24-36(28-37,25-22-32)23-11-6-4-2/h17-20,26-27,29,31-32H,3-16,21-25H2,1-2H3. The third-order valence-electron chi connectivity index (χ3n) is 10.0. The Morgan fingerprint density at radius 3 is 1.95 bits per heavy atom. The molecule has 4 rings (SSSR count). The minimum absolute atomic E-state index is 0.0751. The maximum atomic E-state index is 9.87. The number of aromatic nitrogens is 2. The molecule has 0 N–H and O–H groups in total. The fourth-order valence-corrected chi connectivity index (χ4v) is 7.23. The molecule has 1 aromatic heterocycles. The lowest BCUT2D eigenvalue weighted by molar-refractivity contribution is 0.223. The van der Waals surface area contributed by atoms with Crippen molar-refractivity contribution in [1.29, 1.82) is 5.26 Å². The second-order valence-electron chi connectivity index (χ2n) is 12.9. The molecule has 0 amide bonds. The molecule has 2 aliphatic carbocycles. The molecule has 0 unspecified atom stereocenters. The van der Waals surface area contributed by atoms with Gasteiger partial charge in [0.25, 0.3) is 0 Å². The van der Waals surface area contributed by atoms with E-state index < -0.39 is 0 Å². The van der Waals surface area contributed by atoms with Crippen LogP contribution in [0.25, 0.3) is 11.4 Å². The van der Waals surface area contributed by atoms with Gasteiger partial charge in [-0.2, -0.15) is 5.26 Å². The molecule has 3 nitrogen and oxygen atoms in total. The zero-order valence-electron chi connectivity index (χ0n) is 25.0. The highest BCUT2D eigenvalue weighted by Gasteiger charge is 2.35. The Morgan fingerprint density at radius 1 is 0.718 bits per heavy atom. The lowest BCUT2D eigenvalue weighted by Crippen LogP contribution is -2.25. The summed E-state index contributed by atoms with van der Waals surface area (Å²) in [5.74, 6) is 2.99. The third-order valence-corrected chi connectivity index (χ3v) is 10.0. The van der Waals surface area contributed by atoms with Crippen LogP contribution < -0.4 is 0 Å². The Kier molecular flexibility index (Phi) is 11.9. The maximum Gasteiger partial charge on any atom is 0.159 e. The number of nitriles is 1. The summed E-state index contributed by atoms with van der Waals surface area (Å²) >= 11 is 0. The number of hydrogen-bond donors (Lipinski definition) is 0. The average molecular weight is 528 g/mol.